The van der Waals surface area contributed by atoms with Gasteiger partial charge in [-0.1, -0.05) is 105 Å². The van der Waals surface area contributed by atoms with Crippen molar-refractivity contribution in [2.75, 3.05) is 0 Å². The third kappa shape index (κ3) is 11.1. The Morgan fingerprint density at radius 3 is 1.60 bits per heavy atom. The predicted molar refractivity (Wildman–Crippen MR) is 159 cm³/mol. The van der Waals surface area contributed by atoms with Gasteiger partial charge >= 0.3 is 12.1 Å². The summed E-state index contributed by atoms with van der Waals surface area (Å²) in [5.41, 5.74) is 2.45. The van der Waals surface area contributed by atoms with E-state index >= 15 is 0 Å². The molecule has 3 amide bonds. The molecule has 3 aromatic rings. The average molecular weight is 574 g/mol. The lowest BCUT2D eigenvalue weighted by Crippen LogP contribution is -2.56. The Balaban J connectivity index is 1.65. The van der Waals surface area contributed by atoms with Crippen molar-refractivity contribution in [3.63, 3.8) is 0 Å². The second-order valence-corrected chi connectivity index (χ2v) is 10.5. The van der Waals surface area contributed by atoms with Crippen molar-refractivity contribution in [3.05, 3.63) is 108 Å². The summed E-state index contributed by atoms with van der Waals surface area (Å²) in [5.74, 6) is -1.57. The highest BCUT2D eigenvalue weighted by Gasteiger charge is 2.30. The summed E-state index contributed by atoms with van der Waals surface area (Å²) in [6, 6.07) is 24.7. The van der Waals surface area contributed by atoms with Crippen LogP contribution in [-0.2, 0) is 43.5 Å². The van der Waals surface area contributed by atoms with Crippen LogP contribution < -0.4 is 16.0 Å². The zero-order chi connectivity index (χ0) is 30.3. The molecule has 0 saturated carbocycles. The standard InChI is InChI=1S/C33H39N3O6/c1-23(2)19-29(32(39)41-21-26-15-9-5-10-16-26)36-31(38)28(20-25-13-7-4-8-14-25)35-30(37)24(3)34-33(40)42-22-27-17-11-6-12-18-27/h4-18,23-24,28-29H,19-22H2,1-3H3,(H,34,40)(H,35,37)(H,36,38)/t24-,28-,29-/m0/s1. The number of carbonyl (C=O) groups excluding carboxylic acids is 4. The lowest BCUT2D eigenvalue weighted by Gasteiger charge is -2.25. The molecule has 0 bridgehead atoms. The molecule has 0 aliphatic heterocycles. The molecular weight excluding hydrogens is 534 g/mol. The van der Waals surface area contributed by atoms with Gasteiger partial charge in [-0.15, -0.1) is 0 Å². The van der Waals surface area contributed by atoms with Crippen LogP contribution in [0.25, 0.3) is 0 Å². The third-order valence-electron chi connectivity index (χ3n) is 6.39. The van der Waals surface area contributed by atoms with Crippen LogP contribution in [-0.4, -0.2) is 42.0 Å². The normalized spacial score (nSPS) is 12.9. The van der Waals surface area contributed by atoms with Gasteiger partial charge in [0.05, 0.1) is 0 Å². The Morgan fingerprint density at radius 2 is 1.07 bits per heavy atom. The number of rotatable bonds is 14. The smallest absolute Gasteiger partial charge is 0.408 e. The van der Waals surface area contributed by atoms with Gasteiger partial charge in [-0.2, -0.15) is 0 Å². The number of esters is 1. The first-order valence-corrected chi connectivity index (χ1v) is 14.0. The van der Waals surface area contributed by atoms with Crippen molar-refractivity contribution < 1.29 is 28.7 Å². The predicted octanol–water partition coefficient (Wildman–Crippen LogP) is 4.30. The van der Waals surface area contributed by atoms with E-state index < -0.39 is 42.0 Å². The number of amides is 3. The van der Waals surface area contributed by atoms with Crippen molar-refractivity contribution in [2.45, 2.75) is 65.0 Å². The molecule has 0 saturated heterocycles. The van der Waals surface area contributed by atoms with Crippen LogP contribution in [0.4, 0.5) is 4.79 Å². The Hall–Kier alpha value is -4.66. The van der Waals surface area contributed by atoms with Gasteiger partial charge in [0.15, 0.2) is 0 Å². The van der Waals surface area contributed by atoms with E-state index in [-0.39, 0.29) is 25.6 Å². The van der Waals surface area contributed by atoms with E-state index in [1.165, 1.54) is 6.92 Å². The van der Waals surface area contributed by atoms with Crippen LogP contribution in [0.15, 0.2) is 91.0 Å². The highest BCUT2D eigenvalue weighted by molar-refractivity contribution is 5.93. The molecule has 0 aliphatic rings. The van der Waals surface area contributed by atoms with Gasteiger partial charge in [-0.3, -0.25) is 9.59 Å². The summed E-state index contributed by atoms with van der Waals surface area (Å²) in [6.07, 6.45) is -0.225. The van der Waals surface area contributed by atoms with Crippen LogP contribution >= 0.6 is 0 Å². The molecular formula is C33H39N3O6. The van der Waals surface area contributed by atoms with Crippen molar-refractivity contribution in [1.29, 1.82) is 0 Å². The Kier molecular flexibility index (Phi) is 12.6. The summed E-state index contributed by atoms with van der Waals surface area (Å²) in [6.45, 7) is 5.52. The molecule has 0 aliphatic carbocycles. The summed E-state index contributed by atoms with van der Waals surface area (Å²) in [5, 5.41) is 8.01. The minimum absolute atomic E-state index is 0.0532. The van der Waals surface area contributed by atoms with E-state index in [4.69, 9.17) is 9.47 Å². The fraction of sp³-hybridized carbons (Fsp3) is 0.333. The molecule has 0 fully saturated rings. The maximum Gasteiger partial charge on any atom is 0.408 e. The quantitative estimate of drug-likeness (QED) is 0.247. The highest BCUT2D eigenvalue weighted by atomic mass is 16.5. The number of benzene rings is 3. The SMILES string of the molecule is CC(C)C[C@H](NC(=O)[C@H](Cc1ccccc1)NC(=O)[C@H](C)NC(=O)OCc1ccccc1)C(=O)OCc1ccccc1. The van der Waals surface area contributed by atoms with E-state index in [1.807, 2.05) is 105 Å². The van der Waals surface area contributed by atoms with E-state index in [9.17, 15) is 19.2 Å². The van der Waals surface area contributed by atoms with Gasteiger partial charge in [-0.05, 0) is 36.0 Å². The lowest BCUT2D eigenvalue weighted by molar-refractivity contribution is -0.149. The van der Waals surface area contributed by atoms with Gasteiger partial charge in [0.2, 0.25) is 11.8 Å². The maximum absolute atomic E-state index is 13.5. The first-order chi connectivity index (χ1) is 20.2. The zero-order valence-electron chi connectivity index (χ0n) is 24.2. The molecule has 0 unspecified atom stereocenters. The first-order valence-electron chi connectivity index (χ1n) is 14.0. The molecule has 0 radical (unpaired) electrons. The number of carbonyl (C=O) groups is 4. The molecule has 3 aromatic carbocycles. The fourth-order valence-corrected chi connectivity index (χ4v) is 4.15. The minimum atomic E-state index is -1.01. The summed E-state index contributed by atoms with van der Waals surface area (Å²) in [4.78, 5) is 51.9. The molecule has 0 heterocycles. The van der Waals surface area contributed by atoms with Gasteiger partial charge in [0.1, 0.15) is 31.3 Å². The monoisotopic (exact) mass is 573 g/mol. The zero-order valence-corrected chi connectivity index (χ0v) is 24.2. The number of hydrogen-bond donors (Lipinski definition) is 3. The Morgan fingerprint density at radius 1 is 0.595 bits per heavy atom. The third-order valence-corrected chi connectivity index (χ3v) is 6.39. The first kappa shape index (κ1) is 31.9. The number of ether oxygens (including phenoxy) is 2. The Labute approximate surface area is 247 Å². The molecule has 42 heavy (non-hydrogen) atoms. The number of nitrogens with one attached hydrogen (secondary N) is 3. The molecule has 0 aromatic heterocycles. The second-order valence-electron chi connectivity index (χ2n) is 10.5. The van der Waals surface area contributed by atoms with Crippen LogP contribution in [0.5, 0.6) is 0 Å². The van der Waals surface area contributed by atoms with Crippen LogP contribution in [0.1, 0.15) is 43.9 Å². The maximum atomic E-state index is 13.5. The fourth-order valence-electron chi connectivity index (χ4n) is 4.15. The van der Waals surface area contributed by atoms with E-state index in [0.29, 0.717) is 6.42 Å². The molecule has 9 nitrogen and oxygen atoms in total. The van der Waals surface area contributed by atoms with Gasteiger partial charge < -0.3 is 25.4 Å². The molecule has 0 spiro atoms. The Bertz CT molecular complexity index is 1280. The van der Waals surface area contributed by atoms with Gasteiger partial charge in [0, 0.05) is 6.42 Å². The minimum Gasteiger partial charge on any atom is -0.459 e. The number of hydrogen-bond acceptors (Lipinski definition) is 6. The molecule has 222 valence electrons. The average Bonchev–Trinajstić information content (AvgIpc) is 2.99. The van der Waals surface area contributed by atoms with Crippen LogP contribution in [0.2, 0.25) is 0 Å². The van der Waals surface area contributed by atoms with Crippen molar-refractivity contribution in [2.24, 2.45) is 5.92 Å². The summed E-state index contributed by atoms with van der Waals surface area (Å²) >= 11 is 0. The summed E-state index contributed by atoms with van der Waals surface area (Å²) < 4.78 is 10.7. The van der Waals surface area contributed by atoms with E-state index in [1.54, 1.807) is 0 Å². The van der Waals surface area contributed by atoms with E-state index in [2.05, 4.69) is 16.0 Å². The highest BCUT2D eigenvalue weighted by Crippen LogP contribution is 2.11. The largest absolute Gasteiger partial charge is 0.459 e. The summed E-state index contributed by atoms with van der Waals surface area (Å²) in [7, 11) is 0. The van der Waals surface area contributed by atoms with Crippen molar-refractivity contribution >= 4 is 23.9 Å². The van der Waals surface area contributed by atoms with Gasteiger partial charge in [-0.25, -0.2) is 9.59 Å². The van der Waals surface area contributed by atoms with Crippen molar-refractivity contribution in [1.82, 2.24) is 16.0 Å². The molecule has 3 N–H and O–H groups in total. The van der Waals surface area contributed by atoms with Crippen molar-refractivity contribution in [3.8, 4) is 0 Å². The van der Waals surface area contributed by atoms with E-state index in [0.717, 1.165) is 16.7 Å². The molecule has 3 atom stereocenters. The lowest BCUT2D eigenvalue weighted by atomic mass is 10.0. The molecule has 9 heteroatoms. The second kappa shape index (κ2) is 16.6. The number of alkyl carbamates (subject to hydrolysis) is 1. The van der Waals surface area contributed by atoms with Crippen LogP contribution in [0, 0.1) is 5.92 Å². The van der Waals surface area contributed by atoms with Gasteiger partial charge in [0.25, 0.3) is 0 Å². The molecule has 3 rings (SSSR count). The van der Waals surface area contributed by atoms with Crippen LogP contribution in [0.3, 0.4) is 0 Å². The topological polar surface area (TPSA) is 123 Å².